The highest BCUT2D eigenvalue weighted by Gasteiger charge is 2.14. The number of aromatic amines is 1. The predicted octanol–water partition coefficient (Wildman–Crippen LogP) is 3.81. The molecule has 20 heavy (non-hydrogen) atoms. The molecule has 0 aliphatic heterocycles. The second-order valence-electron chi connectivity index (χ2n) is 5.64. The normalized spacial score (nSPS) is 11.8. The summed E-state index contributed by atoms with van der Waals surface area (Å²) >= 11 is 7.81. The highest BCUT2D eigenvalue weighted by atomic mass is 35.5. The summed E-state index contributed by atoms with van der Waals surface area (Å²) in [6.07, 6.45) is 0. The zero-order chi connectivity index (χ0) is 14.8. The molecule has 2 rings (SSSR count). The van der Waals surface area contributed by atoms with Crippen LogP contribution in [-0.2, 0) is 6.54 Å². The molecule has 0 fully saturated rings. The van der Waals surface area contributed by atoms with Gasteiger partial charge in [0.25, 0.3) is 0 Å². The molecule has 0 saturated heterocycles. The topological polar surface area (TPSA) is 53.6 Å². The average Bonchev–Trinajstić information content (AvgIpc) is 2.75. The van der Waals surface area contributed by atoms with Crippen LogP contribution in [0.1, 0.15) is 32.2 Å². The van der Waals surface area contributed by atoms with E-state index in [-0.39, 0.29) is 5.54 Å². The average molecular weight is 311 g/mol. The van der Waals surface area contributed by atoms with E-state index < -0.39 is 0 Å². The number of hydrogen-bond donors (Lipinski definition) is 2. The van der Waals surface area contributed by atoms with Crippen LogP contribution in [0, 0.1) is 6.92 Å². The van der Waals surface area contributed by atoms with Crippen LogP contribution >= 0.6 is 23.4 Å². The Morgan fingerprint density at radius 2 is 2.10 bits per heavy atom. The number of rotatable bonds is 4. The number of halogens is 1. The van der Waals surface area contributed by atoms with E-state index >= 15 is 0 Å². The van der Waals surface area contributed by atoms with Crippen LogP contribution in [-0.4, -0.2) is 20.7 Å². The maximum atomic E-state index is 6.32. The second-order valence-corrected chi connectivity index (χ2v) is 7.02. The van der Waals surface area contributed by atoms with E-state index in [1.807, 2.05) is 19.1 Å². The molecule has 0 atom stereocenters. The van der Waals surface area contributed by atoms with Crippen molar-refractivity contribution in [2.45, 2.75) is 49.8 Å². The lowest BCUT2D eigenvalue weighted by molar-refractivity contribution is 0.422. The quantitative estimate of drug-likeness (QED) is 0.901. The zero-order valence-electron chi connectivity index (χ0n) is 12.1. The Morgan fingerprint density at radius 1 is 1.35 bits per heavy atom. The van der Waals surface area contributed by atoms with Gasteiger partial charge in [-0.05, 0) is 51.1 Å². The lowest BCUT2D eigenvalue weighted by Crippen LogP contribution is -2.35. The van der Waals surface area contributed by atoms with E-state index in [0.29, 0.717) is 5.16 Å². The van der Waals surface area contributed by atoms with Crippen molar-refractivity contribution < 1.29 is 0 Å². The summed E-state index contributed by atoms with van der Waals surface area (Å²) in [6.45, 7) is 9.07. The Kier molecular flexibility index (Phi) is 4.73. The van der Waals surface area contributed by atoms with Gasteiger partial charge in [0.2, 0.25) is 5.16 Å². The molecular weight excluding hydrogens is 292 g/mol. The van der Waals surface area contributed by atoms with Crippen molar-refractivity contribution in [1.29, 1.82) is 0 Å². The summed E-state index contributed by atoms with van der Waals surface area (Å²) in [5.41, 5.74) is 1.21. The molecule has 6 heteroatoms. The fourth-order valence-electron chi connectivity index (χ4n) is 1.63. The fraction of sp³-hybridized carbons (Fsp3) is 0.429. The van der Waals surface area contributed by atoms with Crippen LogP contribution in [0.4, 0.5) is 0 Å². The zero-order valence-corrected chi connectivity index (χ0v) is 13.7. The summed E-state index contributed by atoms with van der Waals surface area (Å²) in [7, 11) is 0. The monoisotopic (exact) mass is 310 g/mol. The van der Waals surface area contributed by atoms with Gasteiger partial charge in [0, 0.05) is 17.0 Å². The molecular formula is C14H19ClN4S. The minimum Gasteiger partial charge on any atom is -0.308 e. The summed E-state index contributed by atoms with van der Waals surface area (Å²) < 4.78 is 0. The molecule has 0 aliphatic rings. The van der Waals surface area contributed by atoms with Gasteiger partial charge in [-0.1, -0.05) is 23.7 Å². The minimum atomic E-state index is 0.0609. The fourth-order valence-corrected chi connectivity index (χ4v) is 2.83. The van der Waals surface area contributed by atoms with Crippen LogP contribution < -0.4 is 5.32 Å². The summed E-state index contributed by atoms with van der Waals surface area (Å²) in [5, 5.41) is 11.9. The van der Waals surface area contributed by atoms with E-state index in [1.165, 1.54) is 11.8 Å². The smallest absolute Gasteiger partial charge is 0.213 e. The van der Waals surface area contributed by atoms with E-state index in [9.17, 15) is 0 Å². The third kappa shape index (κ3) is 4.23. The third-order valence-electron chi connectivity index (χ3n) is 2.63. The van der Waals surface area contributed by atoms with Gasteiger partial charge in [0.05, 0.1) is 5.02 Å². The third-order valence-corrected chi connectivity index (χ3v) is 4.11. The Bertz CT molecular complexity index is 589. The highest BCUT2D eigenvalue weighted by molar-refractivity contribution is 7.99. The first kappa shape index (κ1) is 15.4. The van der Waals surface area contributed by atoms with E-state index in [1.54, 1.807) is 0 Å². The Hall–Kier alpha value is -1.04. The SMILES string of the molecule is Cc1nc(Sc2c(Cl)cccc2CNC(C)(C)C)n[nH]1. The second kappa shape index (κ2) is 6.16. The maximum absolute atomic E-state index is 6.32. The number of nitrogens with zero attached hydrogens (tertiary/aromatic N) is 2. The van der Waals surface area contributed by atoms with Crippen molar-refractivity contribution in [2.75, 3.05) is 0 Å². The predicted molar refractivity (Wildman–Crippen MR) is 83.3 cm³/mol. The Labute approximate surface area is 128 Å². The summed E-state index contributed by atoms with van der Waals surface area (Å²) in [6, 6.07) is 5.94. The molecule has 0 amide bonds. The molecule has 0 spiro atoms. The molecule has 0 unspecified atom stereocenters. The maximum Gasteiger partial charge on any atom is 0.213 e. The van der Waals surface area contributed by atoms with Gasteiger partial charge in [-0.15, -0.1) is 5.10 Å². The van der Waals surface area contributed by atoms with Crippen molar-refractivity contribution >= 4 is 23.4 Å². The van der Waals surface area contributed by atoms with Gasteiger partial charge in [0.15, 0.2) is 0 Å². The van der Waals surface area contributed by atoms with Gasteiger partial charge >= 0.3 is 0 Å². The molecule has 108 valence electrons. The molecule has 0 saturated carbocycles. The van der Waals surface area contributed by atoms with Gasteiger partial charge in [0.1, 0.15) is 5.82 Å². The molecule has 4 nitrogen and oxygen atoms in total. The number of nitrogens with one attached hydrogen (secondary N) is 2. The van der Waals surface area contributed by atoms with E-state index in [0.717, 1.165) is 27.9 Å². The van der Waals surface area contributed by atoms with Crippen LogP contribution in [0.2, 0.25) is 5.02 Å². The van der Waals surface area contributed by atoms with Crippen molar-refractivity contribution in [1.82, 2.24) is 20.5 Å². The van der Waals surface area contributed by atoms with E-state index in [4.69, 9.17) is 11.6 Å². The summed E-state index contributed by atoms with van der Waals surface area (Å²) in [5.74, 6) is 0.800. The lowest BCUT2D eigenvalue weighted by atomic mass is 10.1. The van der Waals surface area contributed by atoms with Crippen LogP contribution in [0.15, 0.2) is 28.3 Å². The number of benzene rings is 1. The first-order valence-corrected chi connectivity index (χ1v) is 7.64. The van der Waals surface area contributed by atoms with Crippen LogP contribution in [0.25, 0.3) is 0 Å². The molecule has 1 heterocycles. The van der Waals surface area contributed by atoms with E-state index in [2.05, 4.69) is 47.3 Å². The first-order chi connectivity index (χ1) is 9.35. The van der Waals surface area contributed by atoms with Gasteiger partial charge < -0.3 is 5.32 Å². The Balaban J connectivity index is 2.22. The number of hydrogen-bond acceptors (Lipinski definition) is 4. The van der Waals surface area contributed by atoms with Crippen molar-refractivity contribution in [3.05, 3.63) is 34.6 Å². The van der Waals surface area contributed by atoms with Crippen LogP contribution in [0.5, 0.6) is 0 Å². The van der Waals surface area contributed by atoms with Crippen LogP contribution in [0.3, 0.4) is 0 Å². The molecule has 0 radical (unpaired) electrons. The van der Waals surface area contributed by atoms with Crippen molar-refractivity contribution in [3.63, 3.8) is 0 Å². The molecule has 2 N–H and O–H groups in total. The molecule has 1 aromatic carbocycles. The summed E-state index contributed by atoms with van der Waals surface area (Å²) in [4.78, 5) is 5.32. The molecule has 1 aromatic heterocycles. The first-order valence-electron chi connectivity index (χ1n) is 6.44. The number of aromatic nitrogens is 3. The Morgan fingerprint density at radius 3 is 2.70 bits per heavy atom. The largest absolute Gasteiger partial charge is 0.308 e. The van der Waals surface area contributed by atoms with Gasteiger partial charge in [-0.25, -0.2) is 4.98 Å². The lowest BCUT2D eigenvalue weighted by Gasteiger charge is -2.21. The number of H-pyrrole nitrogens is 1. The molecule has 2 aromatic rings. The standard InChI is InChI=1S/C14H19ClN4S/c1-9-17-13(19-18-9)20-12-10(6-5-7-11(12)15)8-16-14(2,3)4/h5-7,16H,8H2,1-4H3,(H,17,18,19). The number of aryl methyl sites for hydroxylation is 1. The van der Waals surface area contributed by atoms with Crippen molar-refractivity contribution in [2.24, 2.45) is 0 Å². The minimum absolute atomic E-state index is 0.0609. The molecule has 0 bridgehead atoms. The van der Waals surface area contributed by atoms with Gasteiger partial charge in [-0.3, -0.25) is 5.10 Å². The highest BCUT2D eigenvalue weighted by Crippen LogP contribution is 2.34. The van der Waals surface area contributed by atoms with Crippen molar-refractivity contribution in [3.8, 4) is 0 Å². The van der Waals surface area contributed by atoms with Gasteiger partial charge in [-0.2, -0.15) is 0 Å². The molecule has 0 aliphatic carbocycles.